The summed E-state index contributed by atoms with van der Waals surface area (Å²) in [5.74, 6) is -0.768. The number of carbonyl (C=O) groups is 2. The zero-order valence-electron chi connectivity index (χ0n) is 19.0. The van der Waals surface area contributed by atoms with Crippen molar-refractivity contribution in [1.29, 1.82) is 0 Å². The van der Waals surface area contributed by atoms with Gasteiger partial charge in [0, 0.05) is 24.2 Å². The Morgan fingerprint density at radius 3 is 2.65 bits per heavy atom. The molecule has 1 aromatic heterocycles. The Balaban J connectivity index is 1.97. The second-order valence-electron chi connectivity index (χ2n) is 7.28. The van der Waals surface area contributed by atoms with Crippen LogP contribution in [-0.4, -0.2) is 57.5 Å². The Labute approximate surface area is 200 Å². The molecule has 1 atom stereocenters. The highest BCUT2D eigenvalue weighted by Gasteiger charge is 2.37. The molecule has 2 amide bonds. The van der Waals surface area contributed by atoms with Crippen LogP contribution in [0.4, 0.5) is 13.6 Å². The third kappa shape index (κ3) is 6.03. The van der Waals surface area contributed by atoms with E-state index in [4.69, 9.17) is 14.2 Å². The third-order valence-corrected chi connectivity index (χ3v) is 6.17. The molecule has 1 aromatic carbocycles. The maximum absolute atomic E-state index is 13.1. The van der Waals surface area contributed by atoms with E-state index in [9.17, 15) is 18.4 Å². The standard InChI is InChI=1S/C23H26F2N2O6S/c1-14-19(21(28)32-11-10-30-2)20(15-6-7-17(31-3)18(13-15)33-22(24)25)26-23(29)27(14)9-8-16-5-4-12-34-16/h4-7,12-13,20,22H,8-11H2,1-3H3,(H,26,29). The van der Waals surface area contributed by atoms with Crippen LogP contribution in [-0.2, 0) is 20.7 Å². The molecule has 34 heavy (non-hydrogen) atoms. The molecule has 0 spiro atoms. The molecule has 184 valence electrons. The highest BCUT2D eigenvalue weighted by molar-refractivity contribution is 7.09. The summed E-state index contributed by atoms with van der Waals surface area (Å²) in [6, 6.07) is 6.86. The van der Waals surface area contributed by atoms with Crippen LogP contribution in [0.1, 0.15) is 23.4 Å². The number of halogens is 2. The van der Waals surface area contributed by atoms with Crippen molar-refractivity contribution in [2.24, 2.45) is 0 Å². The lowest BCUT2D eigenvalue weighted by molar-refractivity contribution is -0.140. The highest BCUT2D eigenvalue weighted by atomic mass is 32.1. The number of nitrogens with one attached hydrogen (secondary N) is 1. The number of esters is 1. The molecule has 0 bridgehead atoms. The van der Waals surface area contributed by atoms with E-state index in [-0.39, 0.29) is 30.3 Å². The smallest absolute Gasteiger partial charge is 0.387 e. The molecule has 11 heteroatoms. The van der Waals surface area contributed by atoms with Crippen molar-refractivity contribution in [3.63, 3.8) is 0 Å². The molecule has 0 saturated heterocycles. The summed E-state index contributed by atoms with van der Waals surface area (Å²) in [5, 5.41) is 4.75. The van der Waals surface area contributed by atoms with Crippen LogP contribution >= 0.6 is 11.3 Å². The Morgan fingerprint density at radius 2 is 2.00 bits per heavy atom. The van der Waals surface area contributed by atoms with Crippen molar-refractivity contribution in [2.45, 2.75) is 26.0 Å². The third-order valence-electron chi connectivity index (χ3n) is 5.24. The zero-order chi connectivity index (χ0) is 24.7. The number of alkyl halides is 2. The van der Waals surface area contributed by atoms with Crippen LogP contribution in [0.25, 0.3) is 0 Å². The first-order chi connectivity index (χ1) is 16.3. The number of methoxy groups -OCH3 is 2. The highest BCUT2D eigenvalue weighted by Crippen LogP contribution is 2.37. The van der Waals surface area contributed by atoms with Gasteiger partial charge < -0.3 is 24.3 Å². The first-order valence-corrected chi connectivity index (χ1v) is 11.3. The van der Waals surface area contributed by atoms with Gasteiger partial charge in [0.05, 0.1) is 25.3 Å². The van der Waals surface area contributed by atoms with Gasteiger partial charge in [-0.3, -0.25) is 4.90 Å². The van der Waals surface area contributed by atoms with Crippen molar-refractivity contribution in [3.8, 4) is 11.5 Å². The molecule has 3 rings (SSSR count). The summed E-state index contributed by atoms with van der Waals surface area (Å²) in [7, 11) is 2.81. The number of hydrogen-bond donors (Lipinski definition) is 1. The topological polar surface area (TPSA) is 86.3 Å². The molecule has 0 radical (unpaired) electrons. The minimum atomic E-state index is -3.08. The Hall–Kier alpha value is -3.18. The normalized spacial score (nSPS) is 16.0. The number of allylic oxidation sites excluding steroid dienone is 1. The zero-order valence-corrected chi connectivity index (χ0v) is 19.8. The van der Waals surface area contributed by atoms with Gasteiger partial charge in [-0.15, -0.1) is 11.3 Å². The van der Waals surface area contributed by atoms with Crippen LogP contribution in [0.3, 0.4) is 0 Å². The van der Waals surface area contributed by atoms with Crippen LogP contribution < -0.4 is 14.8 Å². The SMILES string of the molecule is COCCOC(=O)C1=C(C)N(CCc2cccs2)C(=O)NC1c1ccc(OC)c(OC(F)F)c1. The Bertz CT molecular complexity index is 1030. The molecular weight excluding hydrogens is 470 g/mol. The number of thiophene rings is 1. The summed E-state index contributed by atoms with van der Waals surface area (Å²) < 4.78 is 45.8. The second kappa shape index (κ2) is 11.8. The molecule has 2 heterocycles. The monoisotopic (exact) mass is 496 g/mol. The van der Waals surface area contributed by atoms with Gasteiger partial charge in [0.25, 0.3) is 0 Å². The first kappa shape index (κ1) is 25.4. The van der Waals surface area contributed by atoms with Crippen molar-refractivity contribution in [2.75, 3.05) is 34.0 Å². The molecule has 0 fully saturated rings. The summed E-state index contributed by atoms with van der Waals surface area (Å²) >= 11 is 1.57. The van der Waals surface area contributed by atoms with Gasteiger partial charge in [-0.25, -0.2) is 9.59 Å². The van der Waals surface area contributed by atoms with Gasteiger partial charge in [0.2, 0.25) is 0 Å². The quantitative estimate of drug-likeness (QED) is 0.372. The maximum Gasteiger partial charge on any atom is 0.387 e. The molecule has 2 aromatic rings. The average molecular weight is 497 g/mol. The molecular formula is C23H26F2N2O6S. The van der Waals surface area contributed by atoms with E-state index < -0.39 is 24.7 Å². The van der Waals surface area contributed by atoms with E-state index in [0.29, 0.717) is 24.2 Å². The van der Waals surface area contributed by atoms with Crippen molar-refractivity contribution < 1.29 is 37.3 Å². The number of nitrogens with zero attached hydrogens (tertiary/aromatic N) is 1. The number of ether oxygens (including phenoxy) is 4. The largest absolute Gasteiger partial charge is 0.493 e. The minimum Gasteiger partial charge on any atom is -0.493 e. The van der Waals surface area contributed by atoms with E-state index >= 15 is 0 Å². The second-order valence-corrected chi connectivity index (χ2v) is 8.31. The molecule has 1 unspecified atom stereocenters. The van der Waals surface area contributed by atoms with E-state index in [2.05, 4.69) is 10.1 Å². The van der Waals surface area contributed by atoms with Crippen LogP contribution in [0, 0.1) is 0 Å². The van der Waals surface area contributed by atoms with Gasteiger partial charge in [-0.2, -0.15) is 8.78 Å². The number of carbonyl (C=O) groups excluding carboxylic acids is 2. The average Bonchev–Trinajstić information content (AvgIpc) is 3.32. The van der Waals surface area contributed by atoms with Crippen molar-refractivity contribution in [3.05, 3.63) is 57.4 Å². The molecule has 8 nitrogen and oxygen atoms in total. The minimum absolute atomic E-state index is 0.0182. The van der Waals surface area contributed by atoms with E-state index in [1.165, 1.54) is 31.3 Å². The number of rotatable bonds is 11. The Kier molecular flexibility index (Phi) is 8.83. The van der Waals surface area contributed by atoms with E-state index in [1.807, 2.05) is 17.5 Å². The fourth-order valence-electron chi connectivity index (χ4n) is 3.60. The predicted molar refractivity (Wildman–Crippen MR) is 121 cm³/mol. The van der Waals surface area contributed by atoms with Gasteiger partial charge in [-0.1, -0.05) is 12.1 Å². The lowest BCUT2D eigenvalue weighted by Crippen LogP contribution is -2.48. The summed E-state index contributed by atoms with van der Waals surface area (Å²) in [5.41, 5.74) is 0.968. The van der Waals surface area contributed by atoms with Crippen molar-refractivity contribution in [1.82, 2.24) is 10.2 Å². The fraction of sp³-hybridized carbons (Fsp3) is 0.391. The van der Waals surface area contributed by atoms with E-state index in [0.717, 1.165) is 4.88 Å². The molecule has 1 aliphatic rings. The molecule has 1 N–H and O–H groups in total. The Morgan fingerprint density at radius 1 is 1.21 bits per heavy atom. The lowest BCUT2D eigenvalue weighted by atomic mass is 9.94. The van der Waals surface area contributed by atoms with Gasteiger partial charge in [-0.05, 0) is 42.5 Å². The maximum atomic E-state index is 13.1. The summed E-state index contributed by atoms with van der Waals surface area (Å²) in [6.07, 6.45) is 0.605. The summed E-state index contributed by atoms with van der Waals surface area (Å²) in [6.45, 7) is -0.847. The van der Waals surface area contributed by atoms with E-state index in [1.54, 1.807) is 24.3 Å². The first-order valence-electron chi connectivity index (χ1n) is 10.5. The van der Waals surface area contributed by atoms with Gasteiger partial charge in [0.1, 0.15) is 6.61 Å². The fourth-order valence-corrected chi connectivity index (χ4v) is 4.30. The van der Waals surface area contributed by atoms with Crippen LogP contribution in [0.5, 0.6) is 11.5 Å². The number of hydrogen-bond acceptors (Lipinski definition) is 7. The van der Waals surface area contributed by atoms with Crippen LogP contribution in [0.2, 0.25) is 0 Å². The molecule has 0 aliphatic carbocycles. The summed E-state index contributed by atoms with van der Waals surface area (Å²) in [4.78, 5) is 28.6. The van der Waals surface area contributed by atoms with Gasteiger partial charge >= 0.3 is 18.6 Å². The predicted octanol–water partition coefficient (Wildman–Crippen LogP) is 4.13. The molecule has 0 saturated carbocycles. The number of amides is 2. The van der Waals surface area contributed by atoms with Gasteiger partial charge in [0.15, 0.2) is 11.5 Å². The van der Waals surface area contributed by atoms with Crippen molar-refractivity contribution >= 4 is 23.3 Å². The molecule has 1 aliphatic heterocycles. The number of benzene rings is 1. The van der Waals surface area contributed by atoms with Crippen LogP contribution in [0.15, 0.2) is 47.0 Å². The number of urea groups is 1. The lowest BCUT2D eigenvalue weighted by Gasteiger charge is -2.35.